The Morgan fingerprint density at radius 2 is 2.39 bits per heavy atom. The number of benzene rings is 1. The van der Waals surface area contributed by atoms with Crippen molar-refractivity contribution in [3.05, 3.63) is 28.8 Å². The monoisotopic (exact) mass is 269 g/mol. The first kappa shape index (κ1) is 13.2. The molecule has 1 aromatic rings. The quantitative estimate of drug-likeness (QED) is 0.911. The predicted octanol–water partition coefficient (Wildman–Crippen LogP) is 2.26. The van der Waals surface area contributed by atoms with Crippen LogP contribution in [0.5, 0.6) is 5.75 Å². The normalized spacial score (nSPS) is 20.0. The molecule has 1 aromatic carbocycles. The van der Waals surface area contributed by atoms with Gasteiger partial charge in [0.05, 0.1) is 13.0 Å². The summed E-state index contributed by atoms with van der Waals surface area (Å²) >= 11 is 6.16. The molecule has 1 atom stereocenters. The molecule has 1 N–H and O–H groups in total. The number of carboxylic acids is 1. The zero-order valence-electron chi connectivity index (χ0n) is 10.2. The van der Waals surface area contributed by atoms with Crippen LogP contribution in [0.3, 0.4) is 0 Å². The average molecular weight is 270 g/mol. The van der Waals surface area contributed by atoms with Crippen molar-refractivity contribution in [1.82, 2.24) is 4.90 Å². The summed E-state index contributed by atoms with van der Waals surface area (Å²) in [4.78, 5) is 13.0. The SMILES string of the molecule is COc1cccc(Cl)c1CN1CCC(C(=O)O)C1. The summed E-state index contributed by atoms with van der Waals surface area (Å²) < 4.78 is 5.28. The van der Waals surface area contributed by atoms with Crippen LogP contribution in [0.15, 0.2) is 18.2 Å². The lowest BCUT2D eigenvalue weighted by Gasteiger charge is -2.18. The van der Waals surface area contributed by atoms with E-state index in [1.807, 2.05) is 18.2 Å². The number of carbonyl (C=O) groups is 1. The Morgan fingerprint density at radius 3 is 3.00 bits per heavy atom. The summed E-state index contributed by atoms with van der Waals surface area (Å²) in [5.41, 5.74) is 0.924. The number of aliphatic carboxylic acids is 1. The van der Waals surface area contributed by atoms with Gasteiger partial charge in [0.25, 0.3) is 0 Å². The Balaban J connectivity index is 2.09. The van der Waals surface area contributed by atoms with Gasteiger partial charge < -0.3 is 9.84 Å². The third-order valence-electron chi connectivity index (χ3n) is 3.30. The number of likely N-dealkylation sites (tertiary alicyclic amines) is 1. The smallest absolute Gasteiger partial charge is 0.307 e. The molecular weight excluding hydrogens is 254 g/mol. The van der Waals surface area contributed by atoms with Crippen LogP contribution in [0.2, 0.25) is 5.02 Å². The van der Waals surface area contributed by atoms with Gasteiger partial charge in [-0.25, -0.2) is 0 Å². The fraction of sp³-hybridized carbons (Fsp3) is 0.462. The lowest BCUT2D eigenvalue weighted by atomic mass is 10.1. The number of halogens is 1. The highest BCUT2D eigenvalue weighted by atomic mass is 35.5. The van der Waals surface area contributed by atoms with Crippen LogP contribution >= 0.6 is 11.6 Å². The molecule has 4 nitrogen and oxygen atoms in total. The van der Waals surface area contributed by atoms with Crippen LogP contribution in [0, 0.1) is 5.92 Å². The number of ether oxygens (including phenoxy) is 1. The molecule has 18 heavy (non-hydrogen) atoms. The highest BCUT2D eigenvalue weighted by Gasteiger charge is 2.28. The summed E-state index contributed by atoms with van der Waals surface area (Å²) in [5.74, 6) is -0.233. The molecule has 0 saturated carbocycles. The van der Waals surface area contributed by atoms with Gasteiger partial charge in [-0.05, 0) is 25.1 Å². The maximum absolute atomic E-state index is 10.9. The van der Waals surface area contributed by atoms with Crippen LogP contribution in [0.1, 0.15) is 12.0 Å². The Bertz CT molecular complexity index is 450. The van der Waals surface area contributed by atoms with Gasteiger partial charge in [-0.1, -0.05) is 17.7 Å². The lowest BCUT2D eigenvalue weighted by molar-refractivity contribution is -0.141. The minimum atomic E-state index is -0.719. The topological polar surface area (TPSA) is 49.8 Å². The third kappa shape index (κ3) is 2.76. The fourth-order valence-corrected chi connectivity index (χ4v) is 2.51. The molecule has 1 saturated heterocycles. The first-order valence-electron chi connectivity index (χ1n) is 5.88. The number of rotatable bonds is 4. The van der Waals surface area contributed by atoms with Crippen LogP contribution in [0.4, 0.5) is 0 Å². The number of methoxy groups -OCH3 is 1. The molecule has 0 aliphatic carbocycles. The first-order valence-corrected chi connectivity index (χ1v) is 6.26. The van der Waals surface area contributed by atoms with Crippen molar-refractivity contribution in [2.75, 3.05) is 20.2 Å². The van der Waals surface area contributed by atoms with E-state index in [2.05, 4.69) is 4.90 Å². The average Bonchev–Trinajstić information content (AvgIpc) is 2.80. The van der Waals surface area contributed by atoms with E-state index in [-0.39, 0.29) is 5.92 Å². The second-order valence-electron chi connectivity index (χ2n) is 4.48. The lowest BCUT2D eigenvalue weighted by Crippen LogP contribution is -2.23. The van der Waals surface area contributed by atoms with Crippen LogP contribution in [0.25, 0.3) is 0 Å². The highest BCUT2D eigenvalue weighted by molar-refractivity contribution is 6.31. The third-order valence-corrected chi connectivity index (χ3v) is 3.65. The Hall–Kier alpha value is -1.26. The molecule has 1 unspecified atom stereocenters. The van der Waals surface area contributed by atoms with Gasteiger partial charge in [0.2, 0.25) is 0 Å². The summed E-state index contributed by atoms with van der Waals surface area (Å²) in [6, 6.07) is 5.53. The van der Waals surface area contributed by atoms with E-state index in [0.717, 1.165) is 17.9 Å². The zero-order chi connectivity index (χ0) is 13.1. The van der Waals surface area contributed by atoms with Crippen molar-refractivity contribution in [2.24, 2.45) is 5.92 Å². The van der Waals surface area contributed by atoms with Crippen LogP contribution in [-0.4, -0.2) is 36.2 Å². The van der Waals surface area contributed by atoms with Gasteiger partial charge >= 0.3 is 5.97 Å². The van der Waals surface area contributed by atoms with E-state index < -0.39 is 5.97 Å². The standard InChI is InChI=1S/C13H16ClNO3/c1-18-12-4-2-3-11(14)10(12)8-15-6-5-9(7-15)13(16)17/h2-4,9H,5-8H2,1H3,(H,16,17). The van der Waals surface area contributed by atoms with Gasteiger partial charge in [0.15, 0.2) is 0 Å². The van der Waals surface area contributed by atoms with E-state index in [0.29, 0.717) is 24.5 Å². The minimum Gasteiger partial charge on any atom is -0.496 e. The maximum Gasteiger partial charge on any atom is 0.307 e. The molecule has 0 spiro atoms. The number of hydrogen-bond acceptors (Lipinski definition) is 3. The van der Waals surface area contributed by atoms with Gasteiger partial charge in [-0.3, -0.25) is 9.69 Å². The number of carboxylic acid groups (broad SMARTS) is 1. The van der Waals surface area contributed by atoms with Crippen molar-refractivity contribution in [3.63, 3.8) is 0 Å². The molecular formula is C13H16ClNO3. The van der Waals surface area contributed by atoms with E-state index in [1.54, 1.807) is 7.11 Å². The van der Waals surface area contributed by atoms with E-state index in [4.69, 9.17) is 21.4 Å². The van der Waals surface area contributed by atoms with E-state index in [1.165, 1.54) is 0 Å². The molecule has 2 rings (SSSR count). The molecule has 1 fully saturated rings. The molecule has 0 bridgehead atoms. The summed E-state index contributed by atoms with van der Waals surface area (Å²) in [7, 11) is 1.61. The van der Waals surface area contributed by atoms with Crippen LogP contribution in [-0.2, 0) is 11.3 Å². The molecule has 5 heteroatoms. The summed E-state index contributed by atoms with van der Waals surface area (Å²) in [5, 5.41) is 9.64. The maximum atomic E-state index is 10.9. The van der Waals surface area contributed by atoms with Crippen molar-refractivity contribution < 1.29 is 14.6 Å². The largest absolute Gasteiger partial charge is 0.496 e. The number of nitrogens with zero attached hydrogens (tertiary/aromatic N) is 1. The van der Waals surface area contributed by atoms with Gasteiger partial charge in [0.1, 0.15) is 5.75 Å². The molecule has 1 aliphatic rings. The second kappa shape index (κ2) is 5.59. The summed E-state index contributed by atoms with van der Waals surface area (Å²) in [6.45, 7) is 1.99. The van der Waals surface area contributed by atoms with Crippen molar-refractivity contribution in [3.8, 4) is 5.75 Å². The molecule has 0 amide bonds. The zero-order valence-corrected chi connectivity index (χ0v) is 11.0. The van der Waals surface area contributed by atoms with E-state index in [9.17, 15) is 4.79 Å². The van der Waals surface area contributed by atoms with Crippen molar-refractivity contribution >= 4 is 17.6 Å². The van der Waals surface area contributed by atoms with Gasteiger partial charge in [0, 0.05) is 23.7 Å². The Morgan fingerprint density at radius 1 is 1.61 bits per heavy atom. The Kier molecular flexibility index (Phi) is 4.09. The number of hydrogen-bond donors (Lipinski definition) is 1. The van der Waals surface area contributed by atoms with Crippen LogP contribution < -0.4 is 4.74 Å². The highest BCUT2D eigenvalue weighted by Crippen LogP contribution is 2.29. The molecule has 0 aromatic heterocycles. The van der Waals surface area contributed by atoms with Crippen molar-refractivity contribution in [1.29, 1.82) is 0 Å². The van der Waals surface area contributed by atoms with Gasteiger partial charge in [-0.15, -0.1) is 0 Å². The summed E-state index contributed by atoms with van der Waals surface area (Å²) in [6.07, 6.45) is 0.697. The van der Waals surface area contributed by atoms with Crippen molar-refractivity contribution in [2.45, 2.75) is 13.0 Å². The van der Waals surface area contributed by atoms with E-state index >= 15 is 0 Å². The Labute approximate surface area is 111 Å². The minimum absolute atomic E-state index is 0.265. The second-order valence-corrected chi connectivity index (χ2v) is 4.89. The van der Waals surface area contributed by atoms with Gasteiger partial charge in [-0.2, -0.15) is 0 Å². The molecule has 1 heterocycles. The molecule has 98 valence electrons. The molecule has 1 aliphatic heterocycles. The molecule has 0 radical (unpaired) electrons. The first-order chi connectivity index (χ1) is 8.61. The predicted molar refractivity (Wildman–Crippen MR) is 69.0 cm³/mol. The fourth-order valence-electron chi connectivity index (χ4n) is 2.28.